The van der Waals surface area contributed by atoms with Crippen molar-refractivity contribution in [2.45, 2.75) is 51.2 Å². The molecule has 16 heavy (non-hydrogen) atoms. The monoisotopic (exact) mass is 265 g/mol. The minimum Gasteiger partial charge on any atom is -0.301 e. The van der Waals surface area contributed by atoms with E-state index < -0.39 is 9.05 Å². The van der Waals surface area contributed by atoms with Gasteiger partial charge in [-0.05, 0) is 13.3 Å². The molecular formula is C9H16ClN3O2S. The van der Waals surface area contributed by atoms with Gasteiger partial charge in [0.15, 0.2) is 0 Å². The molecule has 1 heterocycles. The van der Waals surface area contributed by atoms with E-state index in [1.54, 1.807) is 4.57 Å². The van der Waals surface area contributed by atoms with Gasteiger partial charge in [0.25, 0.3) is 14.2 Å². The van der Waals surface area contributed by atoms with Crippen LogP contribution in [0.2, 0.25) is 0 Å². The first-order chi connectivity index (χ1) is 7.50. The molecule has 0 saturated heterocycles. The molecule has 0 bridgehead atoms. The van der Waals surface area contributed by atoms with Gasteiger partial charge in [-0.1, -0.05) is 19.8 Å². The summed E-state index contributed by atoms with van der Waals surface area (Å²) in [5.74, 6) is 0.690. The predicted octanol–water partition coefficient (Wildman–Crippen LogP) is 1.96. The van der Waals surface area contributed by atoms with Crippen LogP contribution in [0.25, 0.3) is 0 Å². The smallest absolute Gasteiger partial charge is 0.296 e. The molecule has 0 radical (unpaired) electrons. The third kappa shape index (κ3) is 3.18. The van der Waals surface area contributed by atoms with Crippen molar-refractivity contribution < 1.29 is 8.42 Å². The van der Waals surface area contributed by atoms with Crippen molar-refractivity contribution in [3.63, 3.8) is 0 Å². The van der Waals surface area contributed by atoms with E-state index in [1.807, 2.05) is 6.92 Å². The highest BCUT2D eigenvalue weighted by Gasteiger charge is 2.21. The van der Waals surface area contributed by atoms with Crippen LogP contribution in [0.3, 0.4) is 0 Å². The average molecular weight is 266 g/mol. The Kier molecular flexibility index (Phi) is 4.73. The van der Waals surface area contributed by atoms with Crippen LogP contribution >= 0.6 is 10.7 Å². The van der Waals surface area contributed by atoms with E-state index in [1.165, 1.54) is 0 Å². The van der Waals surface area contributed by atoms with Crippen LogP contribution in [0.15, 0.2) is 5.16 Å². The Morgan fingerprint density at radius 3 is 2.44 bits per heavy atom. The van der Waals surface area contributed by atoms with Gasteiger partial charge in [-0.2, -0.15) is 0 Å². The number of hydrogen-bond donors (Lipinski definition) is 0. The van der Waals surface area contributed by atoms with Crippen molar-refractivity contribution in [3.8, 4) is 0 Å². The maximum atomic E-state index is 11.2. The van der Waals surface area contributed by atoms with Gasteiger partial charge in [0, 0.05) is 23.6 Å². The zero-order chi connectivity index (χ0) is 12.2. The summed E-state index contributed by atoms with van der Waals surface area (Å²) in [7, 11) is 1.47. The first-order valence-corrected chi connectivity index (χ1v) is 7.68. The number of aromatic nitrogens is 3. The molecule has 0 unspecified atom stereocenters. The number of hydrogen-bond acceptors (Lipinski definition) is 4. The minimum absolute atomic E-state index is 0.150. The molecule has 0 amide bonds. The second-order valence-corrected chi connectivity index (χ2v) is 6.00. The van der Waals surface area contributed by atoms with Crippen LogP contribution in [-0.2, 0) is 22.0 Å². The highest BCUT2D eigenvalue weighted by Crippen LogP contribution is 2.15. The SMILES string of the molecule is CCCCCc1nnc(S(=O)(=O)Cl)n1CC. The summed E-state index contributed by atoms with van der Waals surface area (Å²) in [5, 5.41) is 7.35. The Balaban J connectivity index is 2.91. The Labute approximate surface area is 100 Å². The molecule has 0 atom stereocenters. The Bertz CT molecular complexity index is 442. The average Bonchev–Trinajstić information content (AvgIpc) is 2.60. The maximum Gasteiger partial charge on any atom is 0.296 e. The number of aryl methyl sites for hydroxylation is 1. The van der Waals surface area contributed by atoms with Gasteiger partial charge in [-0.25, -0.2) is 8.42 Å². The fourth-order valence-corrected chi connectivity index (χ4v) is 2.51. The molecular weight excluding hydrogens is 250 g/mol. The zero-order valence-corrected chi connectivity index (χ0v) is 11.1. The largest absolute Gasteiger partial charge is 0.301 e. The van der Waals surface area contributed by atoms with Gasteiger partial charge >= 0.3 is 0 Å². The van der Waals surface area contributed by atoms with E-state index in [-0.39, 0.29) is 5.16 Å². The summed E-state index contributed by atoms with van der Waals surface area (Å²) in [6.45, 7) is 4.47. The van der Waals surface area contributed by atoms with E-state index in [4.69, 9.17) is 10.7 Å². The van der Waals surface area contributed by atoms with E-state index in [9.17, 15) is 8.42 Å². The quantitative estimate of drug-likeness (QED) is 0.583. The van der Waals surface area contributed by atoms with Crippen molar-refractivity contribution in [2.75, 3.05) is 0 Å². The second kappa shape index (κ2) is 5.63. The van der Waals surface area contributed by atoms with Gasteiger partial charge in [0.05, 0.1) is 0 Å². The van der Waals surface area contributed by atoms with Crippen molar-refractivity contribution in [1.29, 1.82) is 0 Å². The predicted molar refractivity (Wildman–Crippen MR) is 62.0 cm³/mol. The molecule has 7 heteroatoms. The summed E-state index contributed by atoms with van der Waals surface area (Å²) in [4.78, 5) is 0. The van der Waals surface area contributed by atoms with E-state index in [0.717, 1.165) is 25.7 Å². The highest BCUT2D eigenvalue weighted by atomic mass is 35.7. The summed E-state index contributed by atoms with van der Waals surface area (Å²) in [6, 6.07) is 0. The molecule has 0 fully saturated rings. The number of halogens is 1. The third-order valence-electron chi connectivity index (χ3n) is 2.33. The van der Waals surface area contributed by atoms with Gasteiger partial charge < -0.3 is 4.57 Å². The molecule has 0 aliphatic carbocycles. The number of nitrogens with zero attached hydrogens (tertiary/aromatic N) is 3. The molecule has 0 aliphatic rings. The van der Waals surface area contributed by atoms with Crippen molar-refractivity contribution in [2.24, 2.45) is 0 Å². The van der Waals surface area contributed by atoms with E-state index >= 15 is 0 Å². The minimum atomic E-state index is -3.79. The second-order valence-electron chi connectivity index (χ2n) is 3.54. The maximum absolute atomic E-state index is 11.2. The molecule has 1 rings (SSSR count). The molecule has 1 aromatic heterocycles. The van der Waals surface area contributed by atoms with Crippen LogP contribution in [0.4, 0.5) is 0 Å². The van der Waals surface area contributed by atoms with E-state index in [2.05, 4.69) is 17.1 Å². The molecule has 92 valence electrons. The third-order valence-corrected chi connectivity index (χ3v) is 3.48. The van der Waals surface area contributed by atoms with Crippen LogP contribution in [-0.4, -0.2) is 23.2 Å². The molecule has 0 N–H and O–H groups in total. The van der Waals surface area contributed by atoms with Gasteiger partial charge in [-0.3, -0.25) is 0 Å². The summed E-state index contributed by atoms with van der Waals surface area (Å²) in [5.41, 5.74) is 0. The first kappa shape index (κ1) is 13.4. The van der Waals surface area contributed by atoms with Gasteiger partial charge in [0.2, 0.25) is 0 Å². The molecule has 0 aliphatic heterocycles. The normalized spacial score (nSPS) is 11.9. The lowest BCUT2D eigenvalue weighted by Gasteiger charge is -2.04. The summed E-state index contributed by atoms with van der Waals surface area (Å²) < 4.78 is 23.9. The lowest BCUT2D eigenvalue weighted by Crippen LogP contribution is -2.08. The number of unbranched alkanes of at least 4 members (excludes halogenated alkanes) is 2. The standard InChI is InChI=1S/C9H16ClN3O2S/c1-3-5-6-7-8-11-12-9(13(8)4-2)16(10,14)15/h3-7H2,1-2H3. The molecule has 0 saturated carbocycles. The van der Waals surface area contributed by atoms with Gasteiger partial charge in [-0.15, -0.1) is 10.2 Å². The zero-order valence-electron chi connectivity index (χ0n) is 9.48. The van der Waals surface area contributed by atoms with Crippen LogP contribution in [0.1, 0.15) is 38.9 Å². The van der Waals surface area contributed by atoms with Gasteiger partial charge in [0.1, 0.15) is 5.82 Å². The summed E-state index contributed by atoms with van der Waals surface area (Å²) in [6.07, 6.45) is 3.93. The first-order valence-electron chi connectivity index (χ1n) is 5.37. The Morgan fingerprint density at radius 2 is 1.94 bits per heavy atom. The van der Waals surface area contributed by atoms with Crippen molar-refractivity contribution in [1.82, 2.24) is 14.8 Å². The Morgan fingerprint density at radius 1 is 1.25 bits per heavy atom. The van der Waals surface area contributed by atoms with E-state index in [0.29, 0.717) is 12.4 Å². The molecule has 5 nitrogen and oxygen atoms in total. The molecule has 1 aromatic rings. The van der Waals surface area contributed by atoms with Crippen molar-refractivity contribution in [3.05, 3.63) is 5.82 Å². The van der Waals surface area contributed by atoms with Crippen molar-refractivity contribution >= 4 is 19.7 Å². The fraction of sp³-hybridized carbons (Fsp3) is 0.778. The lowest BCUT2D eigenvalue weighted by molar-refractivity contribution is 0.569. The fourth-order valence-electron chi connectivity index (χ4n) is 1.54. The Hall–Kier alpha value is -0.620. The highest BCUT2D eigenvalue weighted by molar-refractivity contribution is 8.13. The van der Waals surface area contributed by atoms with Crippen LogP contribution in [0.5, 0.6) is 0 Å². The molecule has 0 aromatic carbocycles. The van der Waals surface area contributed by atoms with Crippen LogP contribution in [0, 0.1) is 0 Å². The topological polar surface area (TPSA) is 64.8 Å². The molecule has 0 spiro atoms. The lowest BCUT2D eigenvalue weighted by atomic mass is 10.2. The van der Waals surface area contributed by atoms with Crippen LogP contribution < -0.4 is 0 Å². The number of rotatable bonds is 6. The summed E-state index contributed by atoms with van der Waals surface area (Å²) >= 11 is 0.